The van der Waals surface area contributed by atoms with Gasteiger partial charge in [0.2, 0.25) is 0 Å². The molecule has 0 aliphatic carbocycles. The van der Waals surface area contributed by atoms with Gasteiger partial charge in [-0.25, -0.2) is 0 Å². The molecule has 150 valence electrons. The van der Waals surface area contributed by atoms with Crippen LogP contribution in [0.2, 0.25) is 0 Å². The molecule has 2 aromatic rings. The van der Waals surface area contributed by atoms with Crippen LogP contribution in [0.3, 0.4) is 0 Å². The average molecular weight is 383 g/mol. The summed E-state index contributed by atoms with van der Waals surface area (Å²) in [4.78, 5) is 26.6. The van der Waals surface area contributed by atoms with Crippen LogP contribution in [0.4, 0.5) is 0 Å². The van der Waals surface area contributed by atoms with Gasteiger partial charge in [-0.1, -0.05) is 17.7 Å². The van der Waals surface area contributed by atoms with Gasteiger partial charge in [-0.3, -0.25) is 9.59 Å². The van der Waals surface area contributed by atoms with Gasteiger partial charge in [0.15, 0.2) is 5.76 Å². The van der Waals surface area contributed by atoms with Gasteiger partial charge < -0.3 is 14.1 Å². The van der Waals surface area contributed by atoms with E-state index in [9.17, 15) is 9.59 Å². The minimum atomic E-state index is -0.245. The molecule has 1 unspecified atom stereocenters. The first kappa shape index (κ1) is 20.2. The maximum absolute atomic E-state index is 12.9. The summed E-state index contributed by atoms with van der Waals surface area (Å²) in [6, 6.07) is 7.95. The van der Waals surface area contributed by atoms with E-state index in [-0.39, 0.29) is 17.8 Å². The van der Waals surface area contributed by atoms with E-state index in [0.717, 1.165) is 18.6 Å². The Bertz CT molecular complexity index is 844. The zero-order valence-corrected chi connectivity index (χ0v) is 17.2. The lowest BCUT2D eigenvalue weighted by Gasteiger charge is -2.30. The molecule has 0 saturated carbocycles. The van der Waals surface area contributed by atoms with Crippen LogP contribution in [-0.4, -0.2) is 36.5 Å². The van der Waals surface area contributed by atoms with Gasteiger partial charge >= 0.3 is 5.97 Å². The third-order valence-corrected chi connectivity index (χ3v) is 5.39. The highest BCUT2D eigenvalue weighted by Gasteiger charge is 2.31. The first-order valence-electron chi connectivity index (χ1n) is 10.0. The smallest absolute Gasteiger partial charge is 0.310 e. The summed E-state index contributed by atoms with van der Waals surface area (Å²) < 4.78 is 11.0. The molecule has 0 spiro atoms. The van der Waals surface area contributed by atoms with Crippen LogP contribution < -0.4 is 0 Å². The van der Waals surface area contributed by atoms with Crippen LogP contribution in [0, 0.1) is 26.7 Å². The number of carbonyl (C=O) groups is 2. The largest absolute Gasteiger partial charge is 0.466 e. The number of nitrogens with zero attached hydrogens (tertiary/aromatic N) is 1. The number of hydrogen-bond acceptors (Lipinski definition) is 4. The molecule has 1 amide bonds. The second-order valence-corrected chi connectivity index (χ2v) is 7.66. The van der Waals surface area contributed by atoms with Crippen LogP contribution in [-0.2, 0) is 16.0 Å². The van der Waals surface area contributed by atoms with Crippen molar-refractivity contribution in [3.63, 3.8) is 0 Å². The Morgan fingerprint density at radius 1 is 1.18 bits per heavy atom. The minimum absolute atomic E-state index is 0.155. The zero-order valence-electron chi connectivity index (χ0n) is 17.2. The molecule has 1 atom stereocenters. The molecule has 5 heteroatoms. The van der Waals surface area contributed by atoms with Gasteiger partial charge in [-0.2, -0.15) is 0 Å². The van der Waals surface area contributed by atoms with Gasteiger partial charge in [-0.05, 0) is 69.4 Å². The number of esters is 1. The van der Waals surface area contributed by atoms with E-state index >= 15 is 0 Å². The summed E-state index contributed by atoms with van der Waals surface area (Å²) in [7, 11) is 0. The molecule has 3 rings (SSSR count). The number of likely N-dealkylation sites (tertiary alicyclic amines) is 1. The molecule has 5 nitrogen and oxygen atoms in total. The zero-order chi connectivity index (χ0) is 20.3. The molecule has 1 aromatic heterocycles. The van der Waals surface area contributed by atoms with Crippen LogP contribution in [0.5, 0.6) is 0 Å². The first-order valence-corrected chi connectivity index (χ1v) is 10.0. The number of benzene rings is 1. The predicted molar refractivity (Wildman–Crippen MR) is 107 cm³/mol. The van der Waals surface area contributed by atoms with E-state index in [0.29, 0.717) is 31.9 Å². The summed E-state index contributed by atoms with van der Waals surface area (Å²) in [5.41, 5.74) is 4.94. The Hall–Kier alpha value is -2.56. The van der Waals surface area contributed by atoms with Crippen molar-refractivity contribution in [1.29, 1.82) is 0 Å². The maximum atomic E-state index is 12.9. The van der Waals surface area contributed by atoms with Crippen molar-refractivity contribution in [2.45, 2.75) is 47.0 Å². The van der Waals surface area contributed by atoms with E-state index in [1.165, 1.54) is 22.3 Å². The monoisotopic (exact) mass is 383 g/mol. The van der Waals surface area contributed by atoms with Crippen molar-refractivity contribution < 1.29 is 18.7 Å². The van der Waals surface area contributed by atoms with Crippen molar-refractivity contribution in [1.82, 2.24) is 4.90 Å². The van der Waals surface area contributed by atoms with Crippen molar-refractivity contribution in [3.05, 3.63) is 58.0 Å². The number of piperidine rings is 1. The van der Waals surface area contributed by atoms with Gasteiger partial charge in [0.1, 0.15) is 5.76 Å². The van der Waals surface area contributed by atoms with Gasteiger partial charge in [-0.15, -0.1) is 0 Å². The fourth-order valence-corrected chi connectivity index (χ4v) is 4.02. The average Bonchev–Trinajstić information content (AvgIpc) is 3.13. The quantitative estimate of drug-likeness (QED) is 0.726. The normalized spacial score (nSPS) is 16.9. The Labute approximate surface area is 166 Å². The van der Waals surface area contributed by atoms with E-state index in [1.807, 2.05) is 6.07 Å². The highest BCUT2D eigenvalue weighted by atomic mass is 16.5. The third kappa shape index (κ3) is 4.46. The number of ether oxygens (including phenoxy) is 1. The number of carbonyl (C=O) groups excluding carboxylic acids is 2. The molecule has 0 radical (unpaired) electrons. The maximum Gasteiger partial charge on any atom is 0.310 e. The summed E-state index contributed by atoms with van der Waals surface area (Å²) in [5, 5.41) is 0. The molecule has 2 heterocycles. The Morgan fingerprint density at radius 3 is 2.57 bits per heavy atom. The van der Waals surface area contributed by atoms with Gasteiger partial charge in [0.25, 0.3) is 5.91 Å². The van der Waals surface area contributed by atoms with Gasteiger partial charge in [0, 0.05) is 19.5 Å². The topological polar surface area (TPSA) is 59.8 Å². The summed E-state index contributed by atoms with van der Waals surface area (Å²) in [6.45, 7) is 9.50. The number of amides is 1. The fourth-order valence-electron chi connectivity index (χ4n) is 4.02. The Morgan fingerprint density at radius 2 is 1.89 bits per heavy atom. The van der Waals surface area contributed by atoms with E-state index in [2.05, 4.69) is 32.9 Å². The molecule has 1 fully saturated rings. The number of aryl methyl sites for hydroxylation is 3. The van der Waals surface area contributed by atoms with Crippen LogP contribution in [0.1, 0.15) is 58.3 Å². The third-order valence-electron chi connectivity index (χ3n) is 5.39. The highest BCUT2D eigenvalue weighted by molar-refractivity contribution is 5.92. The molecule has 1 aliphatic heterocycles. The summed E-state index contributed by atoms with van der Waals surface area (Å²) in [5.74, 6) is 0.493. The van der Waals surface area contributed by atoms with Crippen molar-refractivity contribution in [2.24, 2.45) is 5.92 Å². The van der Waals surface area contributed by atoms with E-state index in [1.54, 1.807) is 17.9 Å². The minimum Gasteiger partial charge on any atom is -0.466 e. The number of hydrogen-bond donors (Lipinski definition) is 0. The second kappa shape index (κ2) is 8.63. The highest BCUT2D eigenvalue weighted by Crippen LogP contribution is 2.24. The SMILES string of the molecule is CCOC(=O)C1CCCN(C(=O)c2ccc(Cc3c(C)cc(C)cc3C)o2)C1. The first-order chi connectivity index (χ1) is 13.4. The molecule has 1 aromatic carbocycles. The molecule has 0 N–H and O–H groups in total. The lowest BCUT2D eigenvalue weighted by atomic mass is 9.96. The van der Waals surface area contributed by atoms with E-state index in [4.69, 9.17) is 9.15 Å². The fraction of sp³-hybridized carbons (Fsp3) is 0.478. The summed E-state index contributed by atoms with van der Waals surface area (Å²) in [6.07, 6.45) is 2.22. The molecule has 1 aliphatic rings. The Balaban J connectivity index is 1.70. The van der Waals surface area contributed by atoms with Crippen LogP contribution in [0.25, 0.3) is 0 Å². The van der Waals surface area contributed by atoms with Crippen LogP contribution >= 0.6 is 0 Å². The molecule has 28 heavy (non-hydrogen) atoms. The molecular weight excluding hydrogens is 354 g/mol. The van der Waals surface area contributed by atoms with Gasteiger partial charge in [0.05, 0.1) is 12.5 Å². The molecule has 1 saturated heterocycles. The van der Waals surface area contributed by atoms with Crippen molar-refractivity contribution >= 4 is 11.9 Å². The summed E-state index contributed by atoms with van der Waals surface area (Å²) >= 11 is 0. The standard InChI is InChI=1S/C23H29NO4/c1-5-27-23(26)18-7-6-10-24(14-18)22(25)21-9-8-19(28-21)13-20-16(3)11-15(2)12-17(20)4/h8-9,11-12,18H,5-7,10,13-14H2,1-4H3. The van der Waals surface area contributed by atoms with Crippen molar-refractivity contribution in [2.75, 3.05) is 19.7 Å². The lowest BCUT2D eigenvalue weighted by molar-refractivity contribution is -0.149. The lowest BCUT2D eigenvalue weighted by Crippen LogP contribution is -2.42. The van der Waals surface area contributed by atoms with Crippen molar-refractivity contribution in [3.8, 4) is 0 Å². The number of furan rings is 1. The molecule has 0 bridgehead atoms. The van der Waals surface area contributed by atoms with E-state index < -0.39 is 0 Å². The Kier molecular flexibility index (Phi) is 6.22. The second-order valence-electron chi connectivity index (χ2n) is 7.66. The number of rotatable bonds is 5. The molecular formula is C23H29NO4. The van der Waals surface area contributed by atoms with Crippen LogP contribution in [0.15, 0.2) is 28.7 Å². The predicted octanol–water partition coefficient (Wildman–Crippen LogP) is 4.21.